The molecule has 6 heteroatoms. The third-order valence-electron chi connectivity index (χ3n) is 4.63. The van der Waals surface area contributed by atoms with Crippen LogP contribution in [-0.4, -0.2) is 24.1 Å². The predicted octanol–water partition coefficient (Wildman–Crippen LogP) is 2.35. The molecule has 1 saturated carbocycles. The summed E-state index contributed by atoms with van der Waals surface area (Å²) >= 11 is 0. The van der Waals surface area contributed by atoms with Crippen molar-refractivity contribution in [3.8, 4) is 5.75 Å². The van der Waals surface area contributed by atoms with Crippen molar-refractivity contribution in [1.82, 2.24) is 0 Å². The number of ether oxygens (including phenoxy) is 3. The minimum Gasteiger partial charge on any atom is -0.493 e. The zero-order valence-corrected chi connectivity index (χ0v) is 11.1. The lowest BCUT2D eigenvalue weighted by atomic mass is 9.87. The highest BCUT2D eigenvalue weighted by molar-refractivity contribution is 5.52. The maximum Gasteiger partial charge on any atom is 0.269 e. The van der Waals surface area contributed by atoms with Gasteiger partial charge in [0.15, 0.2) is 12.6 Å². The molecule has 1 aromatic rings. The molecule has 20 heavy (non-hydrogen) atoms. The van der Waals surface area contributed by atoms with Gasteiger partial charge in [-0.3, -0.25) is 10.1 Å². The summed E-state index contributed by atoms with van der Waals surface area (Å²) in [5.74, 6) is 1.04. The van der Waals surface area contributed by atoms with E-state index in [1.54, 1.807) is 12.1 Å². The molecule has 2 unspecified atom stereocenters. The molecule has 6 nitrogen and oxygen atoms in total. The van der Waals surface area contributed by atoms with E-state index in [2.05, 4.69) is 0 Å². The molecule has 2 aliphatic heterocycles. The second-order valence-corrected chi connectivity index (χ2v) is 5.71. The summed E-state index contributed by atoms with van der Waals surface area (Å²) in [6, 6.07) is 4.85. The monoisotopic (exact) mass is 277 g/mol. The molecule has 1 spiro atoms. The van der Waals surface area contributed by atoms with Crippen molar-refractivity contribution in [2.45, 2.75) is 37.8 Å². The van der Waals surface area contributed by atoms with Crippen molar-refractivity contribution in [2.24, 2.45) is 5.92 Å². The summed E-state index contributed by atoms with van der Waals surface area (Å²) in [7, 11) is 0. The number of nitrogens with zero attached hydrogens (tertiary/aromatic N) is 1. The van der Waals surface area contributed by atoms with Gasteiger partial charge in [0, 0.05) is 29.0 Å². The summed E-state index contributed by atoms with van der Waals surface area (Å²) in [5, 5.41) is 11.0. The third kappa shape index (κ3) is 1.58. The Labute approximate surface area is 115 Å². The van der Waals surface area contributed by atoms with E-state index in [-0.39, 0.29) is 34.5 Å². The molecule has 0 radical (unpaired) electrons. The Kier molecular flexibility index (Phi) is 2.38. The first-order valence-corrected chi connectivity index (χ1v) is 6.83. The predicted molar refractivity (Wildman–Crippen MR) is 68.4 cm³/mol. The Morgan fingerprint density at radius 1 is 1.40 bits per heavy atom. The standard InChI is InChI=1S/C14H15NO5/c1-8-19-13(20-8)11-7-14(11)4-5-18-12-3-2-9(15(16)17)6-10(12)14/h2-3,6,8,11,13H,4-5,7H2,1H3. The van der Waals surface area contributed by atoms with Gasteiger partial charge in [0.05, 0.1) is 11.5 Å². The molecule has 3 aliphatic rings. The van der Waals surface area contributed by atoms with Gasteiger partial charge in [0.25, 0.3) is 5.69 Å². The van der Waals surface area contributed by atoms with Crippen LogP contribution in [0.2, 0.25) is 0 Å². The van der Waals surface area contributed by atoms with Crippen molar-refractivity contribution in [1.29, 1.82) is 0 Å². The number of benzene rings is 1. The average molecular weight is 277 g/mol. The van der Waals surface area contributed by atoms with Gasteiger partial charge in [-0.15, -0.1) is 0 Å². The van der Waals surface area contributed by atoms with Gasteiger partial charge in [0.1, 0.15) is 5.75 Å². The normalized spacial score (nSPS) is 37.8. The molecule has 1 saturated heterocycles. The summed E-state index contributed by atoms with van der Waals surface area (Å²) in [6.07, 6.45) is 1.50. The molecule has 2 atom stereocenters. The van der Waals surface area contributed by atoms with E-state index in [1.165, 1.54) is 6.07 Å². The van der Waals surface area contributed by atoms with Crippen molar-refractivity contribution < 1.29 is 19.1 Å². The number of fused-ring (bicyclic) bond motifs is 2. The Bertz CT molecular complexity index is 583. The summed E-state index contributed by atoms with van der Waals surface area (Å²) in [4.78, 5) is 10.6. The van der Waals surface area contributed by atoms with Gasteiger partial charge in [-0.25, -0.2) is 0 Å². The van der Waals surface area contributed by atoms with Crippen LogP contribution in [-0.2, 0) is 14.9 Å². The first kappa shape index (κ1) is 12.1. The zero-order valence-electron chi connectivity index (χ0n) is 11.1. The van der Waals surface area contributed by atoms with E-state index in [9.17, 15) is 10.1 Å². The Hall–Kier alpha value is -1.66. The van der Waals surface area contributed by atoms with Gasteiger partial charge in [-0.1, -0.05) is 0 Å². The van der Waals surface area contributed by atoms with E-state index in [0.29, 0.717) is 6.61 Å². The van der Waals surface area contributed by atoms with Crippen LogP contribution in [0.4, 0.5) is 5.69 Å². The molecule has 0 aromatic heterocycles. The average Bonchev–Trinajstić information content (AvgIpc) is 3.09. The highest BCUT2D eigenvalue weighted by Gasteiger charge is 2.63. The molecule has 0 bridgehead atoms. The lowest BCUT2D eigenvalue weighted by Crippen LogP contribution is -2.42. The first-order chi connectivity index (χ1) is 9.60. The van der Waals surface area contributed by atoms with Gasteiger partial charge >= 0.3 is 0 Å². The lowest BCUT2D eigenvalue weighted by molar-refractivity contribution is -0.385. The molecule has 2 fully saturated rings. The van der Waals surface area contributed by atoms with E-state index >= 15 is 0 Å². The Morgan fingerprint density at radius 2 is 2.20 bits per heavy atom. The van der Waals surface area contributed by atoms with Crippen LogP contribution in [0.1, 0.15) is 25.3 Å². The van der Waals surface area contributed by atoms with Gasteiger partial charge in [-0.05, 0) is 25.8 Å². The first-order valence-electron chi connectivity index (χ1n) is 6.83. The molecule has 4 rings (SSSR count). The molecule has 1 aliphatic carbocycles. The molecule has 0 N–H and O–H groups in total. The number of hydrogen-bond donors (Lipinski definition) is 0. The highest BCUT2D eigenvalue weighted by atomic mass is 16.9. The van der Waals surface area contributed by atoms with Crippen molar-refractivity contribution in [3.05, 3.63) is 33.9 Å². The van der Waals surface area contributed by atoms with Gasteiger partial charge < -0.3 is 14.2 Å². The van der Waals surface area contributed by atoms with E-state index in [0.717, 1.165) is 24.2 Å². The van der Waals surface area contributed by atoms with Crippen LogP contribution in [0, 0.1) is 16.0 Å². The summed E-state index contributed by atoms with van der Waals surface area (Å²) in [5.41, 5.74) is 0.988. The minimum atomic E-state index is -0.363. The maximum atomic E-state index is 11.0. The molecular formula is C14H15NO5. The Balaban J connectivity index is 1.68. The van der Waals surface area contributed by atoms with Crippen LogP contribution in [0.15, 0.2) is 18.2 Å². The van der Waals surface area contributed by atoms with Crippen LogP contribution in [0.3, 0.4) is 0 Å². The number of rotatable bonds is 2. The molecule has 1 aromatic carbocycles. The van der Waals surface area contributed by atoms with Crippen LogP contribution in [0.5, 0.6) is 5.75 Å². The number of nitro groups is 1. The largest absolute Gasteiger partial charge is 0.493 e. The van der Waals surface area contributed by atoms with Gasteiger partial charge in [-0.2, -0.15) is 0 Å². The van der Waals surface area contributed by atoms with E-state index < -0.39 is 0 Å². The molecular weight excluding hydrogens is 262 g/mol. The summed E-state index contributed by atoms with van der Waals surface area (Å²) < 4.78 is 16.8. The summed E-state index contributed by atoms with van der Waals surface area (Å²) in [6.45, 7) is 2.51. The smallest absolute Gasteiger partial charge is 0.269 e. The van der Waals surface area contributed by atoms with E-state index in [4.69, 9.17) is 14.2 Å². The lowest BCUT2D eigenvalue weighted by Gasteiger charge is -2.36. The van der Waals surface area contributed by atoms with Crippen molar-refractivity contribution in [2.75, 3.05) is 6.61 Å². The molecule has 0 amide bonds. The van der Waals surface area contributed by atoms with E-state index in [1.807, 2.05) is 6.92 Å². The molecule has 106 valence electrons. The number of nitro benzene ring substituents is 1. The fraction of sp³-hybridized carbons (Fsp3) is 0.571. The number of hydrogen-bond acceptors (Lipinski definition) is 5. The minimum absolute atomic E-state index is 0.0651. The van der Waals surface area contributed by atoms with Crippen molar-refractivity contribution >= 4 is 5.69 Å². The van der Waals surface area contributed by atoms with Crippen molar-refractivity contribution in [3.63, 3.8) is 0 Å². The topological polar surface area (TPSA) is 70.8 Å². The van der Waals surface area contributed by atoms with Crippen LogP contribution >= 0.6 is 0 Å². The molecule has 2 heterocycles. The third-order valence-corrected chi connectivity index (χ3v) is 4.63. The number of non-ortho nitro benzene ring substituents is 1. The SMILES string of the molecule is CC1OC(C2CC23CCOc2ccc([N+](=O)[O-])cc23)O1. The zero-order chi connectivity index (χ0) is 13.9. The second kappa shape index (κ2) is 3.93. The fourth-order valence-electron chi connectivity index (χ4n) is 3.49. The quantitative estimate of drug-likeness (QED) is 0.613. The fourth-order valence-corrected chi connectivity index (χ4v) is 3.49. The maximum absolute atomic E-state index is 11.0. The van der Waals surface area contributed by atoms with Gasteiger partial charge in [0.2, 0.25) is 0 Å². The highest BCUT2D eigenvalue weighted by Crippen LogP contribution is 2.64. The van der Waals surface area contributed by atoms with Crippen LogP contribution in [0.25, 0.3) is 0 Å². The van der Waals surface area contributed by atoms with Crippen LogP contribution < -0.4 is 4.74 Å². The Morgan fingerprint density at radius 3 is 2.90 bits per heavy atom. The second-order valence-electron chi connectivity index (χ2n) is 5.71.